The zero-order chi connectivity index (χ0) is 13.2. The van der Waals surface area contributed by atoms with Gasteiger partial charge in [-0.05, 0) is 36.8 Å². The summed E-state index contributed by atoms with van der Waals surface area (Å²) in [6, 6.07) is 7.76. The molecular weight excluding hydrogens is 238 g/mol. The van der Waals surface area contributed by atoms with Gasteiger partial charge in [0, 0.05) is 29.8 Å². The fourth-order valence-electron chi connectivity index (χ4n) is 2.08. The topological polar surface area (TPSA) is 80.5 Å². The monoisotopic (exact) mass is 251 g/mol. The van der Waals surface area contributed by atoms with Crippen LogP contribution in [0, 0.1) is 6.92 Å². The van der Waals surface area contributed by atoms with Crippen molar-refractivity contribution in [1.82, 2.24) is 20.2 Å². The molecule has 19 heavy (non-hydrogen) atoms. The van der Waals surface area contributed by atoms with Crippen LogP contribution in [-0.2, 0) is 0 Å². The van der Waals surface area contributed by atoms with Crippen molar-refractivity contribution >= 4 is 5.82 Å². The molecule has 94 valence electrons. The molecule has 3 aromatic rings. The second-order valence-electron chi connectivity index (χ2n) is 4.28. The largest absolute Gasteiger partial charge is 0.382 e. The van der Waals surface area contributed by atoms with E-state index in [4.69, 9.17) is 5.73 Å². The van der Waals surface area contributed by atoms with Gasteiger partial charge in [0.15, 0.2) is 5.82 Å². The van der Waals surface area contributed by atoms with Crippen LogP contribution < -0.4 is 5.73 Å². The maximum atomic E-state index is 5.97. The average Bonchev–Trinajstić information content (AvgIpc) is 2.82. The molecule has 5 nitrogen and oxygen atoms in total. The van der Waals surface area contributed by atoms with E-state index < -0.39 is 0 Å². The number of aryl methyl sites for hydroxylation is 1. The molecule has 0 aromatic carbocycles. The Hall–Kier alpha value is -2.69. The molecule has 3 rings (SSSR count). The van der Waals surface area contributed by atoms with E-state index in [9.17, 15) is 0 Å². The Balaban J connectivity index is 2.19. The van der Waals surface area contributed by atoms with Crippen molar-refractivity contribution in [3.8, 4) is 22.4 Å². The highest BCUT2D eigenvalue weighted by Gasteiger charge is 2.14. The van der Waals surface area contributed by atoms with Gasteiger partial charge < -0.3 is 5.73 Å². The van der Waals surface area contributed by atoms with Crippen molar-refractivity contribution < 1.29 is 0 Å². The van der Waals surface area contributed by atoms with Crippen LogP contribution in [0.4, 0.5) is 5.82 Å². The highest BCUT2D eigenvalue weighted by Crippen LogP contribution is 2.34. The molecule has 0 atom stereocenters. The van der Waals surface area contributed by atoms with Crippen LogP contribution in [0.5, 0.6) is 0 Å². The van der Waals surface area contributed by atoms with E-state index in [0.717, 1.165) is 28.1 Å². The van der Waals surface area contributed by atoms with Gasteiger partial charge in [0.05, 0.1) is 11.3 Å². The standard InChI is InChI=1S/C14H13N5/c1-9-8-11(4-7-17-9)13-12(14(15)19-18-13)10-2-5-16-6-3-10/h2-8H,1H3,(H3,15,18,19). The summed E-state index contributed by atoms with van der Waals surface area (Å²) < 4.78 is 0. The van der Waals surface area contributed by atoms with Crippen LogP contribution in [-0.4, -0.2) is 20.2 Å². The lowest BCUT2D eigenvalue weighted by atomic mass is 10.0. The number of hydrogen-bond acceptors (Lipinski definition) is 4. The van der Waals surface area contributed by atoms with Crippen molar-refractivity contribution in [3.63, 3.8) is 0 Å². The molecule has 3 aromatic heterocycles. The Morgan fingerprint density at radius 3 is 2.53 bits per heavy atom. The molecule has 0 aliphatic heterocycles. The van der Waals surface area contributed by atoms with Gasteiger partial charge in [-0.15, -0.1) is 0 Å². The first-order chi connectivity index (χ1) is 9.25. The van der Waals surface area contributed by atoms with E-state index >= 15 is 0 Å². The Labute approximate surface area is 110 Å². The lowest BCUT2D eigenvalue weighted by molar-refractivity contribution is 1.10. The Morgan fingerprint density at radius 1 is 1.05 bits per heavy atom. The van der Waals surface area contributed by atoms with Crippen molar-refractivity contribution in [1.29, 1.82) is 0 Å². The number of nitrogens with two attached hydrogens (primary N) is 1. The summed E-state index contributed by atoms with van der Waals surface area (Å²) in [7, 11) is 0. The zero-order valence-corrected chi connectivity index (χ0v) is 10.5. The van der Waals surface area contributed by atoms with Gasteiger partial charge in [0.1, 0.15) is 0 Å². The molecule has 0 aliphatic rings. The van der Waals surface area contributed by atoms with E-state index in [-0.39, 0.29) is 0 Å². The van der Waals surface area contributed by atoms with E-state index in [2.05, 4.69) is 20.2 Å². The third-order valence-electron chi connectivity index (χ3n) is 2.95. The number of aromatic amines is 1. The number of nitrogens with one attached hydrogen (secondary N) is 1. The molecule has 0 amide bonds. The first kappa shape index (κ1) is 11.4. The van der Waals surface area contributed by atoms with Gasteiger partial charge in [-0.1, -0.05) is 0 Å². The summed E-state index contributed by atoms with van der Waals surface area (Å²) in [5, 5.41) is 7.10. The molecule has 3 heterocycles. The quantitative estimate of drug-likeness (QED) is 0.733. The Bertz CT molecular complexity index is 703. The predicted molar refractivity (Wildman–Crippen MR) is 74.2 cm³/mol. The molecule has 0 saturated carbocycles. The lowest BCUT2D eigenvalue weighted by Crippen LogP contribution is -1.89. The van der Waals surface area contributed by atoms with Gasteiger partial charge >= 0.3 is 0 Å². The van der Waals surface area contributed by atoms with E-state index in [1.165, 1.54) is 0 Å². The summed E-state index contributed by atoms with van der Waals surface area (Å²) in [4.78, 5) is 8.22. The molecule has 0 spiro atoms. The lowest BCUT2D eigenvalue weighted by Gasteiger charge is -2.05. The summed E-state index contributed by atoms with van der Waals surface area (Å²) >= 11 is 0. The number of rotatable bonds is 2. The van der Waals surface area contributed by atoms with Crippen molar-refractivity contribution in [3.05, 3.63) is 48.5 Å². The molecule has 0 radical (unpaired) electrons. The number of aromatic nitrogens is 4. The zero-order valence-electron chi connectivity index (χ0n) is 10.5. The van der Waals surface area contributed by atoms with Crippen molar-refractivity contribution in [2.45, 2.75) is 6.92 Å². The molecule has 0 bridgehead atoms. The van der Waals surface area contributed by atoms with Crippen LogP contribution in [0.3, 0.4) is 0 Å². The van der Waals surface area contributed by atoms with E-state index in [0.29, 0.717) is 5.82 Å². The number of pyridine rings is 2. The second-order valence-corrected chi connectivity index (χ2v) is 4.28. The number of nitrogen functional groups attached to an aromatic ring is 1. The summed E-state index contributed by atoms with van der Waals surface area (Å²) in [6.07, 6.45) is 5.25. The molecular formula is C14H13N5. The van der Waals surface area contributed by atoms with Crippen LogP contribution >= 0.6 is 0 Å². The van der Waals surface area contributed by atoms with E-state index in [1.807, 2.05) is 31.2 Å². The fraction of sp³-hybridized carbons (Fsp3) is 0.0714. The van der Waals surface area contributed by atoms with Crippen LogP contribution in [0.2, 0.25) is 0 Å². The Morgan fingerprint density at radius 2 is 1.79 bits per heavy atom. The predicted octanol–water partition coefficient (Wildman–Crippen LogP) is 2.42. The number of nitrogens with zero attached hydrogens (tertiary/aromatic N) is 3. The first-order valence-electron chi connectivity index (χ1n) is 5.93. The van der Waals surface area contributed by atoms with E-state index in [1.54, 1.807) is 18.6 Å². The molecule has 0 unspecified atom stereocenters. The van der Waals surface area contributed by atoms with Crippen LogP contribution in [0.15, 0.2) is 42.9 Å². The normalized spacial score (nSPS) is 10.6. The Kier molecular flexibility index (Phi) is 2.72. The number of hydrogen-bond donors (Lipinski definition) is 2. The minimum absolute atomic E-state index is 0.482. The molecule has 0 fully saturated rings. The minimum Gasteiger partial charge on any atom is -0.382 e. The maximum absolute atomic E-state index is 5.97. The molecule has 0 saturated heterocycles. The van der Waals surface area contributed by atoms with Gasteiger partial charge in [0.2, 0.25) is 0 Å². The van der Waals surface area contributed by atoms with Gasteiger partial charge in [0.25, 0.3) is 0 Å². The smallest absolute Gasteiger partial charge is 0.153 e. The summed E-state index contributed by atoms with van der Waals surface area (Å²) in [6.45, 7) is 1.95. The van der Waals surface area contributed by atoms with Crippen molar-refractivity contribution in [2.75, 3.05) is 5.73 Å². The van der Waals surface area contributed by atoms with Gasteiger partial charge in [-0.2, -0.15) is 5.10 Å². The highest BCUT2D eigenvalue weighted by atomic mass is 15.2. The number of anilines is 1. The molecule has 5 heteroatoms. The average molecular weight is 251 g/mol. The maximum Gasteiger partial charge on any atom is 0.153 e. The molecule has 0 aliphatic carbocycles. The summed E-state index contributed by atoms with van der Waals surface area (Å²) in [5.41, 5.74) is 10.7. The van der Waals surface area contributed by atoms with Gasteiger partial charge in [-0.25, -0.2) is 0 Å². The van der Waals surface area contributed by atoms with Crippen molar-refractivity contribution in [2.24, 2.45) is 0 Å². The highest BCUT2D eigenvalue weighted by molar-refractivity contribution is 5.87. The second kappa shape index (κ2) is 4.53. The SMILES string of the molecule is Cc1cc(-c2[nH]nc(N)c2-c2ccncc2)ccn1. The fourth-order valence-corrected chi connectivity index (χ4v) is 2.08. The molecule has 3 N–H and O–H groups in total. The minimum atomic E-state index is 0.482. The van der Waals surface area contributed by atoms with Crippen LogP contribution in [0.25, 0.3) is 22.4 Å². The number of H-pyrrole nitrogens is 1. The third-order valence-corrected chi connectivity index (χ3v) is 2.95. The first-order valence-corrected chi connectivity index (χ1v) is 5.93. The third kappa shape index (κ3) is 2.06. The van der Waals surface area contributed by atoms with Crippen LogP contribution in [0.1, 0.15) is 5.69 Å². The van der Waals surface area contributed by atoms with Gasteiger partial charge in [-0.3, -0.25) is 15.1 Å². The summed E-state index contributed by atoms with van der Waals surface area (Å²) in [5.74, 6) is 0.482.